The predicted octanol–water partition coefficient (Wildman–Crippen LogP) is 5.99. The van der Waals surface area contributed by atoms with Crippen LogP contribution in [0.4, 0.5) is 0 Å². The number of hydrogen-bond donors (Lipinski definition) is 1. The summed E-state index contributed by atoms with van der Waals surface area (Å²) >= 11 is 5.73. The van der Waals surface area contributed by atoms with Crippen LogP contribution in [0.25, 0.3) is 0 Å². The third-order valence-electron chi connectivity index (χ3n) is 5.52. The van der Waals surface area contributed by atoms with E-state index in [0.29, 0.717) is 25.3 Å². The van der Waals surface area contributed by atoms with Crippen LogP contribution in [0.3, 0.4) is 0 Å². The van der Waals surface area contributed by atoms with E-state index in [2.05, 4.69) is 50.8 Å². The van der Waals surface area contributed by atoms with Crippen LogP contribution in [0.1, 0.15) is 30.9 Å². The summed E-state index contributed by atoms with van der Waals surface area (Å²) in [5, 5.41) is 3.03. The molecule has 0 spiro atoms. The van der Waals surface area contributed by atoms with Crippen LogP contribution >= 0.6 is 38.5 Å². The summed E-state index contributed by atoms with van der Waals surface area (Å²) in [6.45, 7) is 2.81. The Bertz CT molecular complexity index is 1090. The number of nitrogens with one attached hydrogen (secondary N) is 1. The van der Waals surface area contributed by atoms with Crippen LogP contribution in [-0.4, -0.2) is 35.9 Å². The Kier molecular flexibility index (Phi) is 11.1. The highest BCUT2D eigenvalue weighted by Crippen LogP contribution is 2.19. The summed E-state index contributed by atoms with van der Waals surface area (Å²) in [5.74, 6) is 0.225. The number of ether oxygens (including phenoxy) is 1. The molecule has 0 aromatic heterocycles. The number of carbonyl (C=O) groups is 2. The number of unbranched alkanes of at least 4 members (excludes halogenated alkanes) is 1. The molecule has 1 N–H and O–H groups in total. The molecule has 0 saturated carbocycles. The topological polar surface area (TPSA) is 58.6 Å². The third-order valence-corrected chi connectivity index (χ3v) is 6.73. The highest BCUT2D eigenvalue weighted by molar-refractivity contribution is 14.1. The second-order valence-corrected chi connectivity index (χ2v) is 10.4. The van der Waals surface area contributed by atoms with Crippen LogP contribution in [0.2, 0.25) is 0 Å². The van der Waals surface area contributed by atoms with E-state index in [0.717, 1.165) is 32.0 Å². The fourth-order valence-electron chi connectivity index (χ4n) is 3.65. The second-order valence-electron chi connectivity index (χ2n) is 8.24. The minimum absolute atomic E-state index is 0.151. The summed E-state index contributed by atoms with van der Waals surface area (Å²) in [6.07, 6.45) is 2.29. The molecule has 0 unspecified atom stereocenters. The zero-order valence-corrected chi connectivity index (χ0v) is 23.5. The van der Waals surface area contributed by atoms with Crippen molar-refractivity contribution in [2.24, 2.45) is 0 Å². The van der Waals surface area contributed by atoms with Gasteiger partial charge in [0.2, 0.25) is 5.91 Å². The van der Waals surface area contributed by atoms with Gasteiger partial charge in [-0.1, -0.05) is 71.7 Å². The largest absolute Gasteiger partial charge is 0.484 e. The fourth-order valence-corrected chi connectivity index (χ4v) is 4.46. The molecule has 5 nitrogen and oxygen atoms in total. The van der Waals surface area contributed by atoms with Gasteiger partial charge < -0.3 is 15.0 Å². The van der Waals surface area contributed by atoms with Crippen LogP contribution < -0.4 is 10.1 Å². The van der Waals surface area contributed by atoms with Gasteiger partial charge in [0.25, 0.3) is 5.91 Å². The zero-order chi connectivity index (χ0) is 25.0. The van der Waals surface area contributed by atoms with E-state index < -0.39 is 6.04 Å². The standard InChI is InChI=1S/C28H30BrIN2O3/c1-2-3-16-31-28(34)26(18-21-8-5-4-6-9-21)32(19-22-10-7-11-23(29)17-22)27(33)20-35-25-14-12-24(30)13-15-25/h4-15,17,26H,2-3,16,18-20H2,1H3,(H,31,34)/t26-/m1/s1. The molecule has 0 fully saturated rings. The molecular weight excluding hydrogens is 619 g/mol. The smallest absolute Gasteiger partial charge is 0.261 e. The van der Waals surface area contributed by atoms with E-state index in [-0.39, 0.29) is 18.4 Å². The van der Waals surface area contributed by atoms with Crippen LogP contribution in [-0.2, 0) is 22.6 Å². The van der Waals surface area contributed by atoms with Gasteiger partial charge in [0.05, 0.1) is 0 Å². The number of amides is 2. The van der Waals surface area contributed by atoms with Gasteiger partial charge in [0, 0.05) is 27.6 Å². The highest BCUT2D eigenvalue weighted by atomic mass is 127. The molecule has 0 heterocycles. The first kappa shape index (κ1) is 27.2. The quantitative estimate of drug-likeness (QED) is 0.194. The number of carbonyl (C=O) groups excluding carboxylic acids is 2. The van der Waals surface area contributed by atoms with Gasteiger partial charge in [0.15, 0.2) is 6.61 Å². The summed E-state index contributed by atoms with van der Waals surface area (Å²) in [4.78, 5) is 28.6. The molecule has 0 saturated heterocycles. The third kappa shape index (κ3) is 8.96. The van der Waals surface area contributed by atoms with E-state index >= 15 is 0 Å². The zero-order valence-electron chi connectivity index (χ0n) is 19.8. The Morgan fingerprint density at radius 3 is 2.40 bits per heavy atom. The van der Waals surface area contributed by atoms with Gasteiger partial charge in [-0.3, -0.25) is 9.59 Å². The SMILES string of the molecule is CCCCNC(=O)[C@@H](Cc1ccccc1)N(Cc1cccc(Br)c1)C(=O)COc1ccc(I)cc1. The number of hydrogen-bond acceptors (Lipinski definition) is 3. The minimum Gasteiger partial charge on any atom is -0.484 e. The van der Waals surface area contributed by atoms with Crippen molar-refractivity contribution in [3.8, 4) is 5.75 Å². The van der Waals surface area contributed by atoms with Crippen LogP contribution in [0.5, 0.6) is 5.75 Å². The van der Waals surface area contributed by atoms with Gasteiger partial charge in [-0.2, -0.15) is 0 Å². The second kappa shape index (κ2) is 14.2. The molecule has 2 amide bonds. The van der Waals surface area contributed by atoms with Gasteiger partial charge in [-0.05, 0) is 76.5 Å². The number of benzene rings is 3. The maximum Gasteiger partial charge on any atom is 0.261 e. The van der Waals surface area contributed by atoms with Crippen LogP contribution in [0, 0.1) is 3.57 Å². The number of halogens is 2. The molecule has 0 radical (unpaired) electrons. The Labute approximate surface area is 229 Å². The molecular formula is C28H30BrIN2O3. The monoisotopic (exact) mass is 648 g/mol. The Balaban J connectivity index is 1.87. The first-order valence-corrected chi connectivity index (χ1v) is 13.6. The molecule has 184 valence electrons. The lowest BCUT2D eigenvalue weighted by Gasteiger charge is -2.31. The average molecular weight is 649 g/mol. The van der Waals surface area contributed by atoms with E-state index in [9.17, 15) is 9.59 Å². The lowest BCUT2D eigenvalue weighted by Crippen LogP contribution is -2.51. The lowest BCUT2D eigenvalue weighted by atomic mass is 10.0. The predicted molar refractivity (Wildman–Crippen MR) is 151 cm³/mol. The molecule has 7 heteroatoms. The highest BCUT2D eigenvalue weighted by Gasteiger charge is 2.30. The van der Waals surface area contributed by atoms with Crippen LogP contribution in [0.15, 0.2) is 83.3 Å². The molecule has 1 atom stereocenters. The molecule has 35 heavy (non-hydrogen) atoms. The Morgan fingerprint density at radius 1 is 1.00 bits per heavy atom. The van der Waals surface area contributed by atoms with Crippen molar-refractivity contribution in [2.75, 3.05) is 13.2 Å². The Morgan fingerprint density at radius 2 is 1.71 bits per heavy atom. The molecule has 3 rings (SSSR count). The van der Waals surface area contributed by atoms with Crippen molar-refractivity contribution in [3.05, 3.63) is 98.0 Å². The van der Waals surface area contributed by atoms with Gasteiger partial charge >= 0.3 is 0 Å². The van der Waals surface area contributed by atoms with E-state index in [1.54, 1.807) is 4.90 Å². The molecule has 0 aliphatic carbocycles. The van der Waals surface area contributed by atoms with Crippen molar-refractivity contribution < 1.29 is 14.3 Å². The maximum atomic E-state index is 13.5. The number of rotatable bonds is 12. The fraction of sp³-hybridized carbons (Fsp3) is 0.286. The normalized spacial score (nSPS) is 11.5. The molecule has 3 aromatic rings. The summed E-state index contributed by atoms with van der Waals surface area (Å²) in [7, 11) is 0. The van der Waals surface area contributed by atoms with E-state index in [4.69, 9.17) is 4.74 Å². The minimum atomic E-state index is -0.666. The van der Waals surface area contributed by atoms with Crippen molar-refractivity contribution in [1.29, 1.82) is 0 Å². The van der Waals surface area contributed by atoms with Crippen molar-refractivity contribution >= 4 is 50.3 Å². The molecule has 3 aromatic carbocycles. The van der Waals surface area contributed by atoms with Crippen molar-refractivity contribution in [3.63, 3.8) is 0 Å². The lowest BCUT2D eigenvalue weighted by molar-refractivity contribution is -0.142. The average Bonchev–Trinajstić information content (AvgIpc) is 2.86. The van der Waals surface area contributed by atoms with Crippen molar-refractivity contribution in [1.82, 2.24) is 10.2 Å². The van der Waals surface area contributed by atoms with Gasteiger partial charge in [-0.15, -0.1) is 0 Å². The molecule has 0 aliphatic heterocycles. The maximum absolute atomic E-state index is 13.5. The van der Waals surface area contributed by atoms with Crippen molar-refractivity contribution in [2.45, 2.75) is 38.8 Å². The van der Waals surface area contributed by atoms with E-state index in [1.807, 2.05) is 78.9 Å². The van der Waals surface area contributed by atoms with E-state index in [1.165, 1.54) is 0 Å². The molecule has 0 bridgehead atoms. The van der Waals surface area contributed by atoms with Gasteiger partial charge in [-0.25, -0.2) is 0 Å². The first-order valence-electron chi connectivity index (χ1n) is 11.7. The van der Waals surface area contributed by atoms with Gasteiger partial charge in [0.1, 0.15) is 11.8 Å². The number of nitrogens with zero attached hydrogens (tertiary/aromatic N) is 1. The summed E-state index contributed by atoms with van der Waals surface area (Å²) < 4.78 is 7.82. The first-order chi connectivity index (χ1) is 17.0. The summed E-state index contributed by atoms with van der Waals surface area (Å²) in [6, 6.07) is 24.5. The Hall–Kier alpha value is -2.39. The molecule has 0 aliphatic rings. The summed E-state index contributed by atoms with van der Waals surface area (Å²) in [5.41, 5.74) is 1.93.